The van der Waals surface area contributed by atoms with E-state index in [1.807, 2.05) is 30.3 Å². The highest BCUT2D eigenvalue weighted by molar-refractivity contribution is 8.00. The van der Waals surface area contributed by atoms with Gasteiger partial charge in [0.1, 0.15) is 0 Å². The number of hydrogen-bond donors (Lipinski definition) is 1. The molecule has 2 aromatic carbocycles. The molecule has 0 unspecified atom stereocenters. The summed E-state index contributed by atoms with van der Waals surface area (Å²) in [5.41, 5.74) is 8.17. The second-order valence-electron chi connectivity index (χ2n) is 6.39. The molecular formula is C22H23N3OS. The number of carbonyl (C=O) groups excluding carboxylic acids is 1. The highest BCUT2D eigenvalue weighted by atomic mass is 32.2. The van der Waals surface area contributed by atoms with Crippen molar-refractivity contribution >= 4 is 23.9 Å². The molecule has 0 saturated heterocycles. The van der Waals surface area contributed by atoms with Gasteiger partial charge >= 0.3 is 0 Å². The van der Waals surface area contributed by atoms with Crippen LogP contribution in [-0.4, -0.2) is 22.4 Å². The molecule has 138 valence electrons. The van der Waals surface area contributed by atoms with Gasteiger partial charge in [-0.3, -0.25) is 4.79 Å². The van der Waals surface area contributed by atoms with E-state index in [0.717, 1.165) is 27.5 Å². The average molecular weight is 378 g/mol. The summed E-state index contributed by atoms with van der Waals surface area (Å²) in [5, 5.41) is 4.13. The van der Waals surface area contributed by atoms with E-state index in [1.54, 1.807) is 6.21 Å². The number of amides is 1. The third-order valence-electron chi connectivity index (χ3n) is 4.27. The second-order valence-corrected chi connectivity index (χ2v) is 7.44. The van der Waals surface area contributed by atoms with Gasteiger partial charge in [0.25, 0.3) is 0 Å². The molecule has 0 bridgehead atoms. The lowest BCUT2D eigenvalue weighted by molar-refractivity contribution is -0.118. The van der Waals surface area contributed by atoms with Crippen LogP contribution in [0.4, 0.5) is 0 Å². The maximum absolute atomic E-state index is 12.0. The van der Waals surface area contributed by atoms with Gasteiger partial charge in [0, 0.05) is 27.5 Å². The number of aromatic nitrogens is 1. The smallest absolute Gasteiger partial charge is 0.250 e. The first-order valence-corrected chi connectivity index (χ1v) is 9.79. The Balaban J connectivity index is 1.63. The molecule has 0 spiro atoms. The van der Waals surface area contributed by atoms with Gasteiger partial charge in [-0.15, -0.1) is 11.8 Å². The zero-order valence-electron chi connectivity index (χ0n) is 15.8. The number of carbonyl (C=O) groups is 1. The minimum atomic E-state index is -0.118. The zero-order chi connectivity index (χ0) is 19.2. The topological polar surface area (TPSA) is 46.4 Å². The van der Waals surface area contributed by atoms with Crippen molar-refractivity contribution in [2.24, 2.45) is 5.10 Å². The Morgan fingerprint density at radius 2 is 1.78 bits per heavy atom. The van der Waals surface area contributed by atoms with Crippen LogP contribution in [0.1, 0.15) is 22.5 Å². The van der Waals surface area contributed by atoms with Gasteiger partial charge in [-0.2, -0.15) is 5.10 Å². The van der Waals surface area contributed by atoms with Crippen molar-refractivity contribution in [3.05, 3.63) is 83.2 Å². The fourth-order valence-electron chi connectivity index (χ4n) is 2.88. The fraction of sp³-hybridized carbons (Fsp3) is 0.182. The molecule has 0 aliphatic rings. The molecule has 0 aliphatic carbocycles. The standard InChI is InChI=1S/C22H23N3OS/c1-16-9-11-20(12-10-16)25-17(2)13-19(18(25)3)14-23-24-22(26)15-27-21-7-5-4-6-8-21/h4-14H,15H2,1-3H3,(H,24,26)/b23-14+. The van der Waals surface area contributed by atoms with Gasteiger partial charge in [0.2, 0.25) is 5.91 Å². The second kappa shape index (κ2) is 8.73. The molecule has 5 heteroatoms. The summed E-state index contributed by atoms with van der Waals surface area (Å²) >= 11 is 1.49. The van der Waals surface area contributed by atoms with Crippen LogP contribution in [-0.2, 0) is 4.79 Å². The summed E-state index contributed by atoms with van der Waals surface area (Å²) in [6, 6.07) is 20.4. The molecule has 0 fully saturated rings. The predicted octanol–water partition coefficient (Wildman–Crippen LogP) is 4.64. The van der Waals surface area contributed by atoms with Crippen LogP contribution >= 0.6 is 11.8 Å². The predicted molar refractivity (Wildman–Crippen MR) is 113 cm³/mol. The van der Waals surface area contributed by atoms with E-state index < -0.39 is 0 Å². The van der Waals surface area contributed by atoms with Gasteiger partial charge in [0.15, 0.2) is 0 Å². The Kier molecular flexibility index (Phi) is 6.14. The van der Waals surface area contributed by atoms with Crippen molar-refractivity contribution in [2.75, 3.05) is 5.75 Å². The van der Waals surface area contributed by atoms with Gasteiger partial charge in [-0.05, 0) is 51.1 Å². The first-order valence-electron chi connectivity index (χ1n) is 8.80. The summed E-state index contributed by atoms with van der Waals surface area (Å²) in [6.45, 7) is 6.20. The van der Waals surface area contributed by atoms with Crippen molar-refractivity contribution in [2.45, 2.75) is 25.7 Å². The maximum atomic E-state index is 12.0. The number of nitrogens with zero attached hydrogens (tertiary/aromatic N) is 2. The van der Waals surface area contributed by atoms with E-state index in [2.05, 4.69) is 66.2 Å². The summed E-state index contributed by atoms with van der Waals surface area (Å²) in [6.07, 6.45) is 1.71. The van der Waals surface area contributed by atoms with Crippen molar-refractivity contribution in [3.63, 3.8) is 0 Å². The van der Waals surface area contributed by atoms with Crippen LogP contribution in [0.15, 0.2) is 70.7 Å². The van der Waals surface area contributed by atoms with Crippen LogP contribution in [0.2, 0.25) is 0 Å². The minimum absolute atomic E-state index is 0.118. The molecule has 0 aliphatic heterocycles. The number of benzene rings is 2. The number of hydrazone groups is 1. The Hall–Kier alpha value is -2.79. The molecular weight excluding hydrogens is 354 g/mol. The summed E-state index contributed by atoms with van der Waals surface area (Å²) in [7, 11) is 0. The normalized spacial score (nSPS) is 11.1. The number of rotatable bonds is 6. The molecule has 1 N–H and O–H groups in total. The van der Waals surface area contributed by atoms with E-state index in [1.165, 1.54) is 17.3 Å². The van der Waals surface area contributed by atoms with Crippen LogP contribution < -0.4 is 5.43 Å². The maximum Gasteiger partial charge on any atom is 0.250 e. The summed E-state index contributed by atoms with van der Waals surface area (Å²) in [5.74, 6) is 0.219. The highest BCUT2D eigenvalue weighted by Gasteiger charge is 2.09. The SMILES string of the molecule is Cc1ccc(-n2c(C)cc(/C=N/NC(=O)CSc3ccccc3)c2C)cc1. The lowest BCUT2D eigenvalue weighted by atomic mass is 10.2. The fourth-order valence-corrected chi connectivity index (χ4v) is 3.59. The van der Waals surface area contributed by atoms with Gasteiger partial charge in [0.05, 0.1) is 12.0 Å². The van der Waals surface area contributed by atoms with E-state index in [-0.39, 0.29) is 5.91 Å². The molecule has 0 saturated carbocycles. The van der Waals surface area contributed by atoms with Crippen molar-refractivity contribution in [1.29, 1.82) is 0 Å². The quantitative estimate of drug-likeness (QED) is 0.386. The number of aryl methyl sites for hydroxylation is 2. The zero-order valence-corrected chi connectivity index (χ0v) is 16.6. The Labute approximate surface area is 164 Å². The van der Waals surface area contributed by atoms with Crippen LogP contribution in [0, 0.1) is 20.8 Å². The van der Waals surface area contributed by atoms with E-state index in [9.17, 15) is 4.79 Å². The van der Waals surface area contributed by atoms with Crippen molar-refractivity contribution in [3.8, 4) is 5.69 Å². The molecule has 1 heterocycles. The van der Waals surface area contributed by atoms with Gasteiger partial charge < -0.3 is 4.57 Å². The highest BCUT2D eigenvalue weighted by Crippen LogP contribution is 2.20. The third-order valence-corrected chi connectivity index (χ3v) is 5.28. The van der Waals surface area contributed by atoms with Crippen molar-refractivity contribution in [1.82, 2.24) is 9.99 Å². The third kappa shape index (κ3) is 4.89. The van der Waals surface area contributed by atoms with E-state index >= 15 is 0 Å². The lowest BCUT2D eigenvalue weighted by Gasteiger charge is -2.09. The molecule has 1 amide bonds. The number of thioether (sulfide) groups is 1. The van der Waals surface area contributed by atoms with Gasteiger partial charge in [-0.1, -0.05) is 35.9 Å². The first kappa shape index (κ1) is 19.0. The molecule has 3 aromatic rings. The lowest BCUT2D eigenvalue weighted by Crippen LogP contribution is -2.19. The Morgan fingerprint density at radius 3 is 2.48 bits per heavy atom. The minimum Gasteiger partial charge on any atom is -0.318 e. The van der Waals surface area contributed by atoms with Crippen LogP contribution in [0.5, 0.6) is 0 Å². The molecule has 0 radical (unpaired) electrons. The van der Waals surface area contributed by atoms with Crippen LogP contribution in [0.3, 0.4) is 0 Å². The largest absolute Gasteiger partial charge is 0.318 e. The van der Waals surface area contributed by atoms with Gasteiger partial charge in [-0.25, -0.2) is 5.43 Å². The number of nitrogens with one attached hydrogen (secondary N) is 1. The van der Waals surface area contributed by atoms with Crippen molar-refractivity contribution < 1.29 is 4.79 Å². The Bertz CT molecular complexity index is 944. The molecule has 27 heavy (non-hydrogen) atoms. The summed E-state index contributed by atoms with van der Waals surface area (Å²) in [4.78, 5) is 13.0. The van der Waals surface area contributed by atoms with E-state index in [0.29, 0.717) is 5.75 Å². The molecule has 1 aromatic heterocycles. The summed E-state index contributed by atoms with van der Waals surface area (Å²) < 4.78 is 2.19. The average Bonchev–Trinajstić information content (AvgIpc) is 2.95. The van der Waals surface area contributed by atoms with Crippen LogP contribution in [0.25, 0.3) is 5.69 Å². The monoisotopic (exact) mass is 377 g/mol. The Morgan fingerprint density at radius 1 is 1.07 bits per heavy atom. The molecule has 4 nitrogen and oxygen atoms in total. The molecule has 3 rings (SSSR count). The number of hydrogen-bond acceptors (Lipinski definition) is 3. The first-order chi connectivity index (χ1) is 13.0. The van der Waals surface area contributed by atoms with E-state index in [4.69, 9.17) is 0 Å². The molecule has 0 atom stereocenters.